The van der Waals surface area contributed by atoms with Crippen molar-refractivity contribution in [3.63, 3.8) is 0 Å². The minimum Gasteiger partial charge on any atom is -0.383 e. The van der Waals surface area contributed by atoms with Gasteiger partial charge in [0.25, 0.3) is 0 Å². The second-order valence-corrected chi connectivity index (χ2v) is 7.20. The van der Waals surface area contributed by atoms with Gasteiger partial charge in [0.1, 0.15) is 5.52 Å². The van der Waals surface area contributed by atoms with E-state index in [0.29, 0.717) is 35.6 Å². The van der Waals surface area contributed by atoms with Gasteiger partial charge in [0.2, 0.25) is 10.0 Å². The number of nitrogens with zero attached hydrogens (tertiary/aromatic N) is 1. The van der Waals surface area contributed by atoms with Crippen LogP contribution >= 0.6 is 11.6 Å². The quantitative estimate of drug-likeness (QED) is 0.757. The molecule has 0 aliphatic rings. The van der Waals surface area contributed by atoms with Crippen molar-refractivity contribution in [1.29, 1.82) is 0 Å². The average molecular weight is 346 g/mol. The van der Waals surface area contributed by atoms with E-state index >= 15 is 0 Å². The molecule has 1 heterocycles. The molecule has 2 rings (SSSR count). The second-order valence-electron chi connectivity index (χ2n) is 4.69. The molecule has 22 heavy (non-hydrogen) atoms. The van der Waals surface area contributed by atoms with Gasteiger partial charge < -0.3 is 5.32 Å². The van der Waals surface area contributed by atoms with Crippen molar-refractivity contribution in [2.75, 3.05) is 24.2 Å². The van der Waals surface area contributed by atoms with Crippen molar-refractivity contribution >= 4 is 38.2 Å². The molecule has 0 amide bonds. The van der Waals surface area contributed by atoms with Crippen LogP contribution in [0.2, 0.25) is 5.02 Å². The Kier molecular flexibility index (Phi) is 5.55. The van der Waals surface area contributed by atoms with E-state index in [4.69, 9.17) is 11.6 Å². The van der Waals surface area contributed by atoms with Gasteiger partial charge in [0, 0.05) is 24.7 Å². The van der Waals surface area contributed by atoms with Crippen LogP contribution in [0.25, 0.3) is 10.9 Å². The molecule has 0 aliphatic carbocycles. The van der Waals surface area contributed by atoms with Crippen molar-refractivity contribution < 1.29 is 12.8 Å². The average Bonchev–Trinajstić information content (AvgIpc) is 2.50. The maximum Gasteiger partial charge on any atom is 0.211 e. The molecule has 1 aromatic heterocycles. The Morgan fingerprint density at radius 1 is 1.27 bits per heavy atom. The maximum absolute atomic E-state index is 14.3. The molecule has 1 aromatic carbocycles. The predicted molar refractivity (Wildman–Crippen MR) is 87.3 cm³/mol. The van der Waals surface area contributed by atoms with E-state index in [-0.39, 0.29) is 11.3 Å². The molecular weight excluding hydrogens is 329 g/mol. The number of benzene rings is 1. The van der Waals surface area contributed by atoms with Crippen LogP contribution in [-0.4, -0.2) is 32.2 Å². The monoisotopic (exact) mass is 345 g/mol. The fourth-order valence-corrected chi connectivity index (χ4v) is 2.80. The molecule has 0 unspecified atom stereocenters. The zero-order valence-electron chi connectivity index (χ0n) is 12.1. The standard InChI is InChI=1S/C14H17ClFN3O2S/c1-2-22(20,21)19-8-3-7-17-12-5-4-10-11(15)6-9-18-14(10)13(12)16/h4-6,9,17,19H,2-3,7-8H2,1H3. The molecule has 8 heteroatoms. The third-order valence-corrected chi connectivity index (χ3v) is 4.90. The van der Waals surface area contributed by atoms with Gasteiger partial charge in [-0.25, -0.2) is 17.5 Å². The lowest BCUT2D eigenvalue weighted by molar-refractivity contribution is 0.581. The van der Waals surface area contributed by atoms with E-state index in [1.54, 1.807) is 25.1 Å². The summed E-state index contributed by atoms with van der Waals surface area (Å²) in [6.07, 6.45) is 2.00. The summed E-state index contributed by atoms with van der Waals surface area (Å²) in [7, 11) is -3.18. The van der Waals surface area contributed by atoms with Crippen LogP contribution in [0, 0.1) is 5.82 Å². The lowest BCUT2D eigenvalue weighted by Crippen LogP contribution is -2.27. The predicted octanol–water partition coefficient (Wildman–Crippen LogP) is 2.77. The summed E-state index contributed by atoms with van der Waals surface area (Å²) in [5.41, 5.74) is 0.532. The molecule has 2 N–H and O–H groups in total. The SMILES string of the molecule is CCS(=O)(=O)NCCCNc1ccc2c(Cl)ccnc2c1F. The summed E-state index contributed by atoms with van der Waals surface area (Å²) in [4.78, 5) is 4.00. The molecule has 0 fully saturated rings. The summed E-state index contributed by atoms with van der Waals surface area (Å²) in [5.74, 6) is -0.416. The van der Waals surface area contributed by atoms with E-state index in [9.17, 15) is 12.8 Å². The third-order valence-electron chi connectivity index (χ3n) is 3.17. The zero-order valence-corrected chi connectivity index (χ0v) is 13.6. The first kappa shape index (κ1) is 16.9. The van der Waals surface area contributed by atoms with Gasteiger partial charge in [-0.2, -0.15) is 0 Å². The lowest BCUT2D eigenvalue weighted by atomic mass is 10.2. The molecular formula is C14H17ClFN3O2S. The lowest BCUT2D eigenvalue weighted by Gasteiger charge is -2.10. The summed E-state index contributed by atoms with van der Waals surface area (Å²) in [6, 6.07) is 4.91. The van der Waals surface area contributed by atoms with Crippen LogP contribution in [0.1, 0.15) is 13.3 Å². The number of nitrogens with one attached hydrogen (secondary N) is 2. The number of halogens is 2. The van der Waals surface area contributed by atoms with E-state index in [1.807, 2.05) is 0 Å². The summed E-state index contributed by atoms with van der Waals surface area (Å²) >= 11 is 5.99. The van der Waals surface area contributed by atoms with Crippen molar-refractivity contribution in [1.82, 2.24) is 9.71 Å². The molecule has 0 saturated carbocycles. The number of sulfonamides is 1. The largest absolute Gasteiger partial charge is 0.383 e. The van der Waals surface area contributed by atoms with Crippen LogP contribution in [0.3, 0.4) is 0 Å². The van der Waals surface area contributed by atoms with E-state index in [1.165, 1.54) is 6.20 Å². The molecule has 0 bridgehead atoms. The van der Waals surface area contributed by atoms with Gasteiger partial charge in [-0.15, -0.1) is 0 Å². The van der Waals surface area contributed by atoms with Crippen molar-refractivity contribution in [2.24, 2.45) is 0 Å². The Morgan fingerprint density at radius 2 is 2.05 bits per heavy atom. The maximum atomic E-state index is 14.3. The van der Waals surface area contributed by atoms with Crippen molar-refractivity contribution in [3.8, 4) is 0 Å². The number of fused-ring (bicyclic) bond motifs is 1. The van der Waals surface area contributed by atoms with Gasteiger partial charge in [0.15, 0.2) is 5.82 Å². The van der Waals surface area contributed by atoms with Crippen LogP contribution in [0.15, 0.2) is 24.4 Å². The van der Waals surface area contributed by atoms with E-state index < -0.39 is 15.8 Å². The Morgan fingerprint density at radius 3 is 2.77 bits per heavy atom. The van der Waals surface area contributed by atoms with Crippen LogP contribution in [-0.2, 0) is 10.0 Å². The number of rotatable bonds is 7. The van der Waals surface area contributed by atoms with Gasteiger partial charge in [0.05, 0.1) is 16.5 Å². The zero-order chi connectivity index (χ0) is 16.2. The first-order valence-electron chi connectivity index (χ1n) is 6.88. The first-order valence-corrected chi connectivity index (χ1v) is 8.91. The van der Waals surface area contributed by atoms with E-state index in [2.05, 4.69) is 15.0 Å². The Bertz CT molecular complexity index is 768. The normalized spacial score (nSPS) is 11.8. The molecule has 0 atom stereocenters. The molecule has 0 spiro atoms. The minimum atomic E-state index is -3.18. The molecule has 0 saturated heterocycles. The fourth-order valence-electron chi connectivity index (χ4n) is 1.93. The van der Waals surface area contributed by atoms with Gasteiger partial charge in [-0.05, 0) is 31.5 Å². The molecule has 120 valence electrons. The highest BCUT2D eigenvalue weighted by molar-refractivity contribution is 7.89. The van der Waals surface area contributed by atoms with Gasteiger partial charge in [-0.3, -0.25) is 4.98 Å². The molecule has 0 radical (unpaired) electrons. The summed E-state index contributed by atoms with van der Waals surface area (Å²) in [6.45, 7) is 2.32. The Labute approximate surface area is 133 Å². The number of anilines is 1. The fraction of sp³-hybridized carbons (Fsp3) is 0.357. The number of pyridine rings is 1. The highest BCUT2D eigenvalue weighted by Crippen LogP contribution is 2.27. The summed E-state index contributed by atoms with van der Waals surface area (Å²) < 4.78 is 39.3. The highest BCUT2D eigenvalue weighted by Gasteiger charge is 2.10. The van der Waals surface area contributed by atoms with E-state index in [0.717, 1.165) is 0 Å². The van der Waals surface area contributed by atoms with Crippen LogP contribution in [0.4, 0.5) is 10.1 Å². The Balaban J connectivity index is 1.97. The smallest absolute Gasteiger partial charge is 0.211 e. The highest BCUT2D eigenvalue weighted by atomic mass is 35.5. The van der Waals surface area contributed by atoms with Crippen molar-refractivity contribution in [3.05, 3.63) is 35.2 Å². The number of aromatic nitrogens is 1. The second kappa shape index (κ2) is 7.21. The number of hydrogen-bond donors (Lipinski definition) is 2. The van der Waals surface area contributed by atoms with Gasteiger partial charge >= 0.3 is 0 Å². The van der Waals surface area contributed by atoms with Crippen LogP contribution in [0.5, 0.6) is 0 Å². The topological polar surface area (TPSA) is 71.1 Å². The van der Waals surface area contributed by atoms with Gasteiger partial charge in [-0.1, -0.05) is 11.6 Å². The van der Waals surface area contributed by atoms with Crippen molar-refractivity contribution in [2.45, 2.75) is 13.3 Å². The number of hydrogen-bond acceptors (Lipinski definition) is 4. The molecule has 2 aromatic rings. The minimum absolute atomic E-state index is 0.0478. The third kappa shape index (κ3) is 4.06. The Hall–Kier alpha value is -1.44. The molecule has 0 aliphatic heterocycles. The summed E-state index contributed by atoms with van der Waals surface area (Å²) in [5, 5.41) is 3.94. The molecule has 5 nitrogen and oxygen atoms in total. The first-order chi connectivity index (χ1) is 10.4. The van der Waals surface area contributed by atoms with Crippen LogP contribution < -0.4 is 10.0 Å².